The number of ether oxygens (including phenoxy) is 1. The van der Waals surface area contributed by atoms with Gasteiger partial charge in [-0.15, -0.1) is 0 Å². The molecule has 1 N–H and O–H groups in total. The Morgan fingerprint density at radius 3 is 2.33 bits per heavy atom. The summed E-state index contributed by atoms with van der Waals surface area (Å²) in [4.78, 5) is 12.2. The van der Waals surface area contributed by atoms with Crippen LogP contribution in [-0.2, 0) is 9.53 Å². The van der Waals surface area contributed by atoms with Crippen molar-refractivity contribution >= 4 is 5.91 Å². The molecule has 0 radical (unpaired) electrons. The minimum atomic E-state index is -0.227. The number of hydrogen-bond acceptors (Lipinski definition) is 2. The highest BCUT2D eigenvalue weighted by atomic mass is 16.5. The van der Waals surface area contributed by atoms with E-state index in [1.54, 1.807) is 0 Å². The minimum Gasteiger partial charge on any atom is -0.368 e. The van der Waals surface area contributed by atoms with Gasteiger partial charge < -0.3 is 10.1 Å². The van der Waals surface area contributed by atoms with Crippen LogP contribution in [0.5, 0.6) is 0 Å². The molecule has 0 aromatic heterocycles. The van der Waals surface area contributed by atoms with Crippen molar-refractivity contribution < 1.29 is 9.53 Å². The van der Waals surface area contributed by atoms with Crippen molar-refractivity contribution in [3.63, 3.8) is 0 Å². The summed E-state index contributed by atoms with van der Waals surface area (Å²) in [6, 6.07) is 0. The quantitative estimate of drug-likeness (QED) is 0.790. The molecule has 1 unspecified atom stereocenters. The molecular weight excluding hydrogens is 226 g/mol. The number of hydrogen-bond donors (Lipinski definition) is 1. The number of amides is 1. The zero-order valence-corrected chi connectivity index (χ0v) is 12.0. The van der Waals surface area contributed by atoms with Crippen LogP contribution in [0.25, 0.3) is 0 Å². The van der Waals surface area contributed by atoms with Gasteiger partial charge in [-0.05, 0) is 51.9 Å². The van der Waals surface area contributed by atoms with Gasteiger partial charge in [0.1, 0.15) is 6.10 Å². The van der Waals surface area contributed by atoms with Crippen LogP contribution in [-0.4, -0.2) is 24.2 Å². The summed E-state index contributed by atoms with van der Waals surface area (Å²) in [6.45, 7) is 6.83. The van der Waals surface area contributed by atoms with Gasteiger partial charge in [-0.25, -0.2) is 0 Å². The van der Waals surface area contributed by atoms with Gasteiger partial charge in [-0.1, -0.05) is 19.3 Å². The summed E-state index contributed by atoms with van der Waals surface area (Å²) in [5.74, 6) is 1.51. The molecule has 3 heteroatoms. The van der Waals surface area contributed by atoms with E-state index in [4.69, 9.17) is 4.74 Å². The van der Waals surface area contributed by atoms with Crippen LogP contribution in [0.3, 0.4) is 0 Å². The van der Waals surface area contributed by atoms with Crippen molar-refractivity contribution in [1.29, 1.82) is 0 Å². The normalized spacial score (nSPS) is 22.4. The summed E-state index contributed by atoms with van der Waals surface area (Å²) in [5, 5.41) is 3.05. The van der Waals surface area contributed by atoms with Crippen LogP contribution in [0.4, 0.5) is 0 Å². The molecule has 0 aliphatic heterocycles. The second-order valence-electron chi connectivity index (χ2n) is 7.04. The summed E-state index contributed by atoms with van der Waals surface area (Å²) in [7, 11) is 0. The maximum absolute atomic E-state index is 12.2. The van der Waals surface area contributed by atoms with Gasteiger partial charge in [0.2, 0.25) is 5.91 Å². The van der Waals surface area contributed by atoms with Gasteiger partial charge in [-0.3, -0.25) is 4.79 Å². The SMILES string of the molecule is CC(C)(C)NC(=O)C(CC1CCC1)OCC1CC1. The summed E-state index contributed by atoms with van der Waals surface area (Å²) in [5.41, 5.74) is -0.169. The van der Waals surface area contributed by atoms with Crippen molar-refractivity contribution in [2.75, 3.05) is 6.61 Å². The van der Waals surface area contributed by atoms with Crippen LogP contribution in [0.15, 0.2) is 0 Å². The highest BCUT2D eigenvalue weighted by Gasteiger charge is 2.31. The molecule has 3 nitrogen and oxygen atoms in total. The smallest absolute Gasteiger partial charge is 0.249 e. The van der Waals surface area contributed by atoms with E-state index in [1.807, 2.05) is 20.8 Å². The molecule has 1 atom stereocenters. The van der Waals surface area contributed by atoms with E-state index >= 15 is 0 Å². The molecule has 18 heavy (non-hydrogen) atoms. The predicted octanol–water partition coefficient (Wildman–Crippen LogP) is 2.89. The highest BCUT2D eigenvalue weighted by Crippen LogP contribution is 2.33. The third-order valence-electron chi connectivity index (χ3n) is 3.79. The van der Waals surface area contributed by atoms with E-state index in [1.165, 1.54) is 32.1 Å². The monoisotopic (exact) mass is 253 g/mol. The fourth-order valence-corrected chi connectivity index (χ4v) is 2.27. The molecule has 0 aromatic carbocycles. The lowest BCUT2D eigenvalue weighted by atomic mass is 9.81. The maximum Gasteiger partial charge on any atom is 0.249 e. The van der Waals surface area contributed by atoms with Crippen LogP contribution in [0.1, 0.15) is 59.3 Å². The fourth-order valence-electron chi connectivity index (χ4n) is 2.27. The van der Waals surface area contributed by atoms with Crippen molar-refractivity contribution in [3.8, 4) is 0 Å². The molecule has 2 aliphatic carbocycles. The van der Waals surface area contributed by atoms with Gasteiger partial charge in [0.25, 0.3) is 0 Å². The lowest BCUT2D eigenvalue weighted by Crippen LogP contribution is -2.47. The van der Waals surface area contributed by atoms with Gasteiger partial charge in [0.15, 0.2) is 0 Å². The lowest BCUT2D eigenvalue weighted by molar-refractivity contribution is -0.136. The summed E-state index contributed by atoms with van der Waals surface area (Å²) < 4.78 is 5.87. The summed E-state index contributed by atoms with van der Waals surface area (Å²) in [6.07, 6.45) is 7.09. The molecule has 2 rings (SSSR count). The van der Waals surface area contributed by atoms with Crippen molar-refractivity contribution in [3.05, 3.63) is 0 Å². The standard InChI is InChI=1S/C15H27NO2/c1-15(2,3)16-14(17)13(9-11-5-4-6-11)18-10-12-7-8-12/h11-13H,4-10H2,1-3H3,(H,16,17). The Morgan fingerprint density at radius 1 is 1.22 bits per heavy atom. The zero-order chi connectivity index (χ0) is 13.2. The van der Waals surface area contributed by atoms with Gasteiger partial charge in [-0.2, -0.15) is 0 Å². The molecule has 0 spiro atoms. The van der Waals surface area contributed by atoms with Gasteiger partial charge in [0, 0.05) is 5.54 Å². The first-order chi connectivity index (χ1) is 8.44. The minimum absolute atomic E-state index is 0.0788. The highest BCUT2D eigenvalue weighted by molar-refractivity contribution is 5.81. The van der Waals surface area contributed by atoms with Crippen LogP contribution >= 0.6 is 0 Å². The average Bonchev–Trinajstić information content (AvgIpc) is 2.95. The molecule has 1 amide bonds. The van der Waals surface area contributed by atoms with E-state index in [0.29, 0.717) is 5.92 Å². The molecule has 2 saturated carbocycles. The molecular formula is C15H27NO2. The van der Waals surface area contributed by atoms with Gasteiger partial charge >= 0.3 is 0 Å². The number of nitrogens with one attached hydrogen (secondary N) is 1. The van der Waals surface area contributed by atoms with E-state index in [0.717, 1.165) is 18.9 Å². The third-order valence-corrected chi connectivity index (χ3v) is 3.79. The number of carbonyl (C=O) groups excluding carboxylic acids is 1. The Kier molecular flexibility index (Phi) is 4.31. The second-order valence-corrected chi connectivity index (χ2v) is 7.04. The van der Waals surface area contributed by atoms with E-state index in [2.05, 4.69) is 5.32 Å². The third kappa shape index (κ3) is 4.60. The number of carbonyl (C=O) groups is 1. The fraction of sp³-hybridized carbons (Fsp3) is 0.933. The Morgan fingerprint density at radius 2 is 1.89 bits per heavy atom. The van der Waals surface area contributed by atoms with Crippen LogP contribution < -0.4 is 5.32 Å². The van der Waals surface area contributed by atoms with Crippen molar-refractivity contribution in [2.45, 2.75) is 70.9 Å². The largest absolute Gasteiger partial charge is 0.368 e. The molecule has 0 saturated heterocycles. The average molecular weight is 253 g/mol. The Balaban J connectivity index is 1.82. The van der Waals surface area contributed by atoms with Crippen LogP contribution in [0.2, 0.25) is 0 Å². The van der Waals surface area contributed by atoms with E-state index < -0.39 is 0 Å². The molecule has 0 bridgehead atoms. The predicted molar refractivity (Wildman–Crippen MR) is 72.3 cm³/mol. The molecule has 2 aliphatic rings. The van der Waals surface area contributed by atoms with Crippen molar-refractivity contribution in [2.24, 2.45) is 11.8 Å². The maximum atomic E-state index is 12.2. The van der Waals surface area contributed by atoms with Crippen molar-refractivity contribution in [1.82, 2.24) is 5.32 Å². The van der Waals surface area contributed by atoms with E-state index in [9.17, 15) is 4.79 Å². The van der Waals surface area contributed by atoms with E-state index in [-0.39, 0.29) is 17.6 Å². The zero-order valence-electron chi connectivity index (χ0n) is 12.0. The Hall–Kier alpha value is -0.570. The first-order valence-electron chi connectivity index (χ1n) is 7.37. The number of rotatable bonds is 6. The second kappa shape index (κ2) is 5.60. The molecule has 0 heterocycles. The van der Waals surface area contributed by atoms with Crippen LogP contribution in [0, 0.1) is 11.8 Å². The van der Waals surface area contributed by atoms with Gasteiger partial charge in [0.05, 0.1) is 6.61 Å². The molecule has 2 fully saturated rings. The Labute approximate surface area is 111 Å². The topological polar surface area (TPSA) is 38.3 Å². The first-order valence-corrected chi connectivity index (χ1v) is 7.37. The molecule has 0 aromatic rings. The molecule has 104 valence electrons. The first kappa shape index (κ1) is 13.9. The summed E-state index contributed by atoms with van der Waals surface area (Å²) >= 11 is 0. The Bertz CT molecular complexity index is 287. The lowest BCUT2D eigenvalue weighted by Gasteiger charge is -2.31.